The molecule has 0 aromatic carbocycles. The molecule has 1 rings (SSSR count). The first-order valence-electron chi connectivity index (χ1n) is 5.22. The van der Waals surface area contributed by atoms with Crippen LogP contribution >= 0.6 is 0 Å². The Bertz CT molecular complexity index is 256. The van der Waals surface area contributed by atoms with Gasteiger partial charge in [-0.2, -0.15) is 5.43 Å². The van der Waals surface area contributed by atoms with Crippen molar-refractivity contribution in [2.75, 3.05) is 5.43 Å². The monoisotopic (exact) mass is 191 g/mol. The maximum Gasteiger partial charge on any atom is 0.199 e. The summed E-state index contributed by atoms with van der Waals surface area (Å²) in [5, 5.41) is 0. The second kappa shape index (κ2) is 6.19. The maximum atomic E-state index is 3.83. The van der Waals surface area contributed by atoms with Crippen molar-refractivity contribution in [1.29, 1.82) is 0 Å². The lowest BCUT2D eigenvalue weighted by Crippen LogP contribution is -2.48. The minimum atomic E-state index is 0.363. The first-order valence-corrected chi connectivity index (χ1v) is 5.22. The Balaban J connectivity index is 2.44. The molecule has 2 heteroatoms. The highest BCUT2D eigenvalue weighted by molar-refractivity contribution is 4.91. The summed E-state index contributed by atoms with van der Waals surface area (Å²) in [4.78, 5) is 0. The topological polar surface area (TPSA) is 15.9 Å². The third-order valence-electron chi connectivity index (χ3n) is 2.18. The summed E-state index contributed by atoms with van der Waals surface area (Å²) in [6.07, 6.45) is 9.57. The minimum absolute atomic E-state index is 0.363. The number of nitrogens with zero attached hydrogens (tertiary/aromatic N) is 1. The molecule has 0 fully saturated rings. The molecule has 0 saturated carbocycles. The molecule has 0 unspecified atom stereocenters. The number of rotatable bonds is 6. The van der Waals surface area contributed by atoms with Crippen molar-refractivity contribution >= 4 is 0 Å². The van der Waals surface area contributed by atoms with Crippen LogP contribution in [0.2, 0.25) is 0 Å². The molecule has 0 aliphatic heterocycles. The van der Waals surface area contributed by atoms with Crippen molar-refractivity contribution in [1.82, 2.24) is 0 Å². The number of nitrogens with one attached hydrogen (secondary N) is 1. The summed E-state index contributed by atoms with van der Waals surface area (Å²) in [5.74, 6) is 0. The number of aromatic nitrogens is 1. The molecule has 0 amide bonds. The molecule has 1 aromatic rings. The van der Waals surface area contributed by atoms with Crippen LogP contribution in [0.15, 0.2) is 43.2 Å². The zero-order chi connectivity index (χ0) is 10.2. The Hall–Kier alpha value is -1.31. The first kappa shape index (κ1) is 10.8. The molecule has 1 N–H and O–H groups in total. The number of unbranched alkanes of at least 4 members (excludes halogenated alkanes) is 1. The van der Waals surface area contributed by atoms with E-state index in [0.717, 1.165) is 6.42 Å². The van der Waals surface area contributed by atoms with Gasteiger partial charge in [0.2, 0.25) is 0 Å². The third-order valence-corrected chi connectivity index (χ3v) is 2.18. The van der Waals surface area contributed by atoms with E-state index in [1.807, 2.05) is 41.3 Å². The Kier molecular flexibility index (Phi) is 4.76. The van der Waals surface area contributed by atoms with Gasteiger partial charge in [-0.05, 0) is 6.42 Å². The van der Waals surface area contributed by atoms with Gasteiger partial charge in [0.25, 0.3) is 0 Å². The standard InChI is InChI=1S/C12H19N2/c1-3-5-9-12(4-2)13-14-10-7-6-8-11-14/h4,6-8,10-13H,2-3,5,9H2,1H3/q+1/t12-/m0/s1. The van der Waals surface area contributed by atoms with Crippen molar-refractivity contribution in [3.05, 3.63) is 43.2 Å². The molecule has 0 aliphatic carbocycles. The normalized spacial score (nSPS) is 12.1. The molecule has 1 aromatic heterocycles. The van der Waals surface area contributed by atoms with E-state index in [0.29, 0.717) is 6.04 Å². The Labute approximate surface area is 86.2 Å². The van der Waals surface area contributed by atoms with E-state index >= 15 is 0 Å². The SMILES string of the molecule is C=C[C@@H](CCCC)N[n+]1ccccc1. The molecule has 1 atom stereocenters. The lowest BCUT2D eigenvalue weighted by atomic mass is 10.1. The van der Waals surface area contributed by atoms with E-state index in [-0.39, 0.29) is 0 Å². The second-order valence-corrected chi connectivity index (χ2v) is 3.40. The molecule has 0 bridgehead atoms. The molecule has 0 radical (unpaired) electrons. The van der Waals surface area contributed by atoms with Gasteiger partial charge >= 0.3 is 0 Å². The number of hydrogen-bond acceptors (Lipinski definition) is 1. The van der Waals surface area contributed by atoms with E-state index in [4.69, 9.17) is 0 Å². The highest BCUT2D eigenvalue weighted by atomic mass is 15.4. The van der Waals surface area contributed by atoms with Crippen LogP contribution in [0.1, 0.15) is 26.2 Å². The van der Waals surface area contributed by atoms with E-state index in [1.165, 1.54) is 12.8 Å². The molecule has 0 aliphatic rings. The summed E-state index contributed by atoms with van der Waals surface area (Å²) in [5.41, 5.74) is 3.36. The number of pyridine rings is 1. The summed E-state index contributed by atoms with van der Waals surface area (Å²) >= 11 is 0. The summed E-state index contributed by atoms with van der Waals surface area (Å²) < 4.78 is 1.97. The highest BCUT2D eigenvalue weighted by Gasteiger charge is 2.06. The summed E-state index contributed by atoms with van der Waals surface area (Å²) in [6, 6.07) is 6.38. The van der Waals surface area contributed by atoms with Crippen LogP contribution in [0.25, 0.3) is 0 Å². The predicted molar refractivity (Wildman–Crippen MR) is 59.5 cm³/mol. The fourth-order valence-electron chi connectivity index (χ4n) is 1.34. The number of hydrogen-bond donors (Lipinski definition) is 1. The highest BCUT2D eigenvalue weighted by Crippen LogP contribution is 2.00. The largest absolute Gasteiger partial charge is 0.199 e. The fourth-order valence-corrected chi connectivity index (χ4v) is 1.34. The smallest absolute Gasteiger partial charge is 0.186 e. The molecule has 2 nitrogen and oxygen atoms in total. The molecule has 14 heavy (non-hydrogen) atoms. The van der Waals surface area contributed by atoms with Gasteiger partial charge < -0.3 is 0 Å². The Morgan fingerprint density at radius 3 is 2.64 bits per heavy atom. The van der Waals surface area contributed by atoms with Crippen molar-refractivity contribution in [2.45, 2.75) is 32.2 Å². The molecular weight excluding hydrogens is 172 g/mol. The lowest BCUT2D eigenvalue weighted by Gasteiger charge is -2.09. The van der Waals surface area contributed by atoms with Crippen molar-refractivity contribution in [2.24, 2.45) is 0 Å². The van der Waals surface area contributed by atoms with Gasteiger partial charge in [-0.3, -0.25) is 0 Å². The average molecular weight is 191 g/mol. The Morgan fingerprint density at radius 1 is 1.36 bits per heavy atom. The van der Waals surface area contributed by atoms with Gasteiger partial charge in [0.05, 0.1) is 6.04 Å². The van der Waals surface area contributed by atoms with Crippen LogP contribution in [0.4, 0.5) is 0 Å². The van der Waals surface area contributed by atoms with Crippen LogP contribution in [0.5, 0.6) is 0 Å². The predicted octanol–water partition coefficient (Wildman–Crippen LogP) is 2.26. The quantitative estimate of drug-likeness (QED) is 0.539. The van der Waals surface area contributed by atoms with Gasteiger partial charge in [-0.25, -0.2) is 0 Å². The van der Waals surface area contributed by atoms with E-state index < -0.39 is 0 Å². The van der Waals surface area contributed by atoms with E-state index in [2.05, 4.69) is 18.9 Å². The molecule has 0 saturated heterocycles. The minimum Gasteiger partial charge on any atom is -0.186 e. The zero-order valence-electron chi connectivity index (χ0n) is 8.82. The zero-order valence-corrected chi connectivity index (χ0v) is 8.82. The maximum absolute atomic E-state index is 3.83. The Morgan fingerprint density at radius 2 is 2.07 bits per heavy atom. The van der Waals surface area contributed by atoms with Crippen LogP contribution in [-0.4, -0.2) is 6.04 Å². The van der Waals surface area contributed by atoms with Gasteiger partial charge in [0.1, 0.15) is 0 Å². The van der Waals surface area contributed by atoms with E-state index in [9.17, 15) is 0 Å². The summed E-state index contributed by atoms with van der Waals surface area (Å²) in [7, 11) is 0. The van der Waals surface area contributed by atoms with Gasteiger partial charge in [0, 0.05) is 12.1 Å². The van der Waals surface area contributed by atoms with Crippen molar-refractivity contribution < 1.29 is 4.68 Å². The van der Waals surface area contributed by atoms with Crippen LogP contribution in [0.3, 0.4) is 0 Å². The average Bonchev–Trinajstić information content (AvgIpc) is 2.25. The van der Waals surface area contributed by atoms with Gasteiger partial charge in [0.15, 0.2) is 12.4 Å². The second-order valence-electron chi connectivity index (χ2n) is 3.40. The first-order chi connectivity index (χ1) is 6.86. The molecule has 1 heterocycles. The third kappa shape index (κ3) is 3.60. The van der Waals surface area contributed by atoms with E-state index in [1.54, 1.807) is 0 Å². The van der Waals surface area contributed by atoms with Crippen LogP contribution < -0.4 is 10.1 Å². The molecular formula is C12H19N2+. The van der Waals surface area contributed by atoms with Gasteiger partial charge in [-0.1, -0.05) is 36.6 Å². The van der Waals surface area contributed by atoms with Crippen molar-refractivity contribution in [3.8, 4) is 0 Å². The fraction of sp³-hybridized carbons (Fsp3) is 0.417. The van der Waals surface area contributed by atoms with Gasteiger partial charge in [-0.15, -0.1) is 6.58 Å². The van der Waals surface area contributed by atoms with Crippen LogP contribution in [0, 0.1) is 0 Å². The van der Waals surface area contributed by atoms with Crippen LogP contribution in [-0.2, 0) is 0 Å². The summed E-state index contributed by atoms with van der Waals surface area (Å²) in [6.45, 7) is 6.04. The lowest BCUT2D eigenvalue weighted by molar-refractivity contribution is -0.652. The van der Waals surface area contributed by atoms with Crippen molar-refractivity contribution in [3.63, 3.8) is 0 Å². The molecule has 0 spiro atoms. The molecule has 76 valence electrons.